The summed E-state index contributed by atoms with van der Waals surface area (Å²) in [6.07, 6.45) is 3.23. The van der Waals surface area contributed by atoms with Gasteiger partial charge in [0, 0.05) is 23.4 Å². The molecule has 0 radical (unpaired) electrons. The van der Waals surface area contributed by atoms with Gasteiger partial charge in [-0.25, -0.2) is 0 Å². The van der Waals surface area contributed by atoms with E-state index in [1.54, 1.807) is 6.21 Å². The normalized spacial score (nSPS) is 20.8. The number of carbonyl (C=O) groups excluding carboxylic acids is 1. The van der Waals surface area contributed by atoms with Crippen molar-refractivity contribution in [1.29, 1.82) is 0 Å². The van der Waals surface area contributed by atoms with Crippen LogP contribution < -0.4 is 5.73 Å². The van der Waals surface area contributed by atoms with Crippen molar-refractivity contribution in [2.75, 3.05) is 0 Å². The quantitative estimate of drug-likeness (QED) is 0.562. The number of hydrogen-bond donors (Lipinski definition) is 1. The molecular weight excluding hydrogens is 128 g/mol. The fraction of sp³-hybridized carbons (Fsp3) is 0.429. The summed E-state index contributed by atoms with van der Waals surface area (Å²) in [7, 11) is 0. The minimum Gasteiger partial charge on any atom is -0.366 e. The third-order valence-corrected chi connectivity index (χ3v) is 1.56. The van der Waals surface area contributed by atoms with E-state index in [0.29, 0.717) is 5.57 Å². The summed E-state index contributed by atoms with van der Waals surface area (Å²) in [6, 6.07) is 0. The van der Waals surface area contributed by atoms with Crippen molar-refractivity contribution >= 4 is 12.1 Å². The number of primary amides is 1. The molecule has 1 amide bonds. The fourth-order valence-corrected chi connectivity index (χ4v) is 0.915. The molecule has 1 heterocycles. The second kappa shape index (κ2) is 1.94. The van der Waals surface area contributed by atoms with Crippen molar-refractivity contribution < 1.29 is 4.79 Å². The molecule has 3 heteroatoms. The van der Waals surface area contributed by atoms with E-state index >= 15 is 0 Å². The fourth-order valence-electron chi connectivity index (χ4n) is 0.915. The molecule has 0 bridgehead atoms. The van der Waals surface area contributed by atoms with E-state index in [4.69, 9.17) is 5.73 Å². The van der Waals surface area contributed by atoms with Gasteiger partial charge in [0.25, 0.3) is 0 Å². The molecule has 0 spiro atoms. The first-order valence-electron chi connectivity index (χ1n) is 3.09. The summed E-state index contributed by atoms with van der Waals surface area (Å²) in [6.45, 7) is 3.81. The second-order valence-corrected chi connectivity index (χ2v) is 2.91. The first-order chi connectivity index (χ1) is 4.54. The van der Waals surface area contributed by atoms with Crippen molar-refractivity contribution in [3.8, 4) is 0 Å². The topological polar surface area (TPSA) is 55.4 Å². The van der Waals surface area contributed by atoms with Gasteiger partial charge in [0.05, 0.1) is 0 Å². The van der Waals surface area contributed by atoms with Gasteiger partial charge in [0.15, 0.2) is 0 Å². The van der Waals surface area contributed by atoms with Gasteiger partial charge in [0.1, 0.15) is 0 Å². The lowest BCUT2D eigenvalue weighted by Gasteiger charge is -2.14. The summed E-state index contributed by atoms with van der Waals surface area (Å²) in [5.74, 6) is -0.387. The Labute approximate surface area is 59.6 Å². The van der Waals surface area contributed by atoms with Crippen LogP contribution in [0, 0.1) is 5.41 Å². The molecule has 1 aliphatic heterocycles. The van der Waals surface area contributed by atoms with Gasteiger partial charge in [-0.1, -0.05) is 13.8 Å². The summed E-state index contributed by atoms with van der Waals surface area (Å²) in [4.78, 5) is 14.5. The zero-order valence-electron chi connectivity index (χ0n) is 6.09. The molecule has 0 saturated carbocycles. The predicted octanol–water partition coefficient (Wildman–Crippen LogP) is 0.466. The van der Waals surface area contributed by atoms with E-state index in [1.807, 2.05) is 13.8 Å². The van der Waals surface area contributed by atoms with Crippen LogP contribution in [0.2, 0.25) is 0 Å². The Bertz CT molecular complexity index is 226. The molecule has 0 atom stereocenters. The SMILES string of the molecule is CC1(C)C=NC=C1C(N)=O. The largest absolute Gasteiger partial charge is 0.366 e. The minimum atomic E-state index is -0.387. The monoisotopic (exact) mass is 138 g/mol. The Morgan fingerprint density at radius 1 is 1.70 bits per heavy atom. The molecule has 0 aliphatic carbocycles. The van der Waals surface area contributed by atoms with Gasteiger partial charge in [-0.2, -0.15) is 0 Å². The molecule has 10 heavy (non-hydrogen) atoms. The van der Waals surface area contributed by atoms with Crippen molar-refractivity contribution in [3.63, 3.8) is 0 Å². The zero-order valence-corrected chi connectivity index (χ0v) is 6.09. The maximum atomic E-state index is 10.7. The number of rotatable bonds is 1. The highest BCUT2D eigenvalue weighted by atomic mass is 16.1. The standard InChI is InChI=1S/C7H10N2O/c1-7(2)4-9-3-5(7)6(8)10/h3-4H,1-2H3,(H2,8,10). The highest BCUT2D eigenvalue weighted by Crippen LogP contribution is 2.27. The highest BCUT2D eigenvalue weighted by molar-refractivity contribution is 5.99. The Kier molecular flexibility index (Phi) is 1.35. The maximum Gasteiger partial charge on any atom is 0.247 e. The average molecular weight is 138 g/mol. The molecule has 0 unspecified atom stereocenters. The molecule has 3 nitrogen and oxygen atoms in total. The van der Waals surface area contributed by atoms with Gasteiger partial charge in [-0.15, -0.1) is 0 Å². The van der Waals surface area contributed by atoms with E-state index < -0.39 is 0 Å². The van der Waals surface area contributed by atoms with E-state index in [1.165, 1.54) is 6.20 Å². The van der Waals surface area contributed by atoms with Crippen molar-refractivity contribution in [1.82, 2.24) is 0 Å². The molecule has 0 fully saturated rings. The Balaban J connectivity index is 2.93. The molecule has 0 aromatic carbocycles. The van der Waals surface area contributed by atoms with Crippen LogP contribution >= 0.6 is 0 Å². The van der Waals surface area contributed by atoms with Gasteiger partial charge >= 0.3 is 0 Å². The number of nitrogens with zero attached hydrogens (tertiary/aromatic N) is 1. The van der Waals surface area contributed by atoms with E-state index in [0.717, 1.165) is 0 Å². The van der Waals surface area contributed by atoms with Crippen molar-refractivity contribution in [3.05, 3.63) is 11.8 Å². The second-order valence-electron chi connectivity index (χ2n) is 2.91. The van der Waals surface area contributed by atoms with Crippen LogP contribution in [-0.2, 0) is 4.79 Å². The molecule has 0 aromatic rings. The predicted molar refractivity (Wildman–Crippen MR) is 39.6 cm³/mol. The lowest BCUT2D eigenvalue weighted by molar-refractivity contribution is -0.115. The number of hydrogen-bond acceptors (Lipinski definition) is 2. The Hall–Kier alpha value is -1.12. The molecule has 2 N–H and O–H groups in total. The lowest BCUT2D eigenvalue weighted by Crippen LogP contribution is -2.25. The molecule has 1 rings (SSSR count). The lowest BCUT2D eigenvalue weighted by atomic mass is 9.87. The van der Waals surface area contributed by atoms with E-state index in [9.17, 15) is 4.79 Å². The van der Waals surface area contributed by atoms with Crippen LogP contribution in [-0.4, -0.2) is 12.1 Å². The third-order valence-electron chi connectivity index (χ3n) is 1.56. The van der Waals surface area contributed by atoms with Gasteiger partial charge in [-0.3, -0.25) is 9.79 Å². The maximum absolute atomic E-state index is 10.7. The third kappa shape index (κ3) is 0.943. The van der Waals surface area contributed by atoms with Crippen molar-refractivity contribution in [2.45, 2.75) is 13.8 Å². The molecule has 1 aliphatic rings. The summed E-state index contributed by atoms with van der Waals surface area (Å²) >= 11 is 0. The minimum absolute atomic E-state index is 0.272. The molecule has 0 aromatic heterocycles. The van der Waals surface area contributed by atoms with Crippen LogP contribution in [0.15, 0.2) is 16.8 Å². The number of nitrogens with two attached hydrogens (primary N) is 1. The first kappa shape index (κ1) is 6.99. The summed E-state index contributed by atoms with van der Waals surface area (Å²) in [5, 5.41) is 0. The summed E-state index contributed by atoms with van der Waals surface area (Å²) in [5.41, 5.74) is 5.39. The van der Waals surface area contributed by atoms with Gasteiger partial charge in [-0.05, 0) is 0 Å². The van der Waals surface area contributed by atoms with Crippen LogP contribution in [0.25, 0.3) is 0 Å². The summed E-state index contributed by atoms with van der Waals surface area (Å²) < 4.78 is 0. The van der Waals surface area contributed by atoms with Gasteiger partial charge in [0.2, 0.25) is 5.91 Å². The van der Waals surface area contributed by atoms with Crippen LogP contribution in [0.4, 0.5) is 0 Å². The Morgan fingerprint density at radius 3 is 2.50 bits per heavy atom. The number of aliphatic imine (C=N–C) groups is 1. The smallest absolute Gasteiger partial charge is 0.247 e. The molecule has 54 valence electrons. The average Bonchev–Trinajstić information content (AvgIpc) is 2.08. The van der Waals surface area contributed by atoms with E-state index in [2.05, 4.69) is 4.99 Å². The molecular formula is C7H10N2O. The number of carbonyl (C=O) groups is 1. The van der Waals surface area contributed by atoms with Crippen LogP contribution in [0.3, 0.4) is 0 Å². The van der Waals surface area contributed by atoms with E-state index in [-0.39, 0.29) is 11.3 Å². The zero-order chi connectivity index (χ0) is 7.78. The number of amides is 1. The van der Waals surface area contributed by atoms with Crippen LogP contribution in [0.1, 0.15) is 13.8 Å². The molecule has 0 saturated heterocycles. The van der Waals surface area contributed by atoms with Gasteiger partial charge < -0.3 is 5.73 Å². The highest BCUT2D eigenvalue weighted by Gasteiger charge is 2.28. The first-order valence-corrected chi connectivity index (χ1v) is 3.09. The van der Waals surface area contributed by atoms with Crippen LogP contribution in [0.5, 0.6) is 0 Å². The Morgan fingerprint density at radius 2 is 2.30 bits per heavy atom. The van der Waals surface area contributed by atoms with Crippen molar-refractivity contribution in [2.24, 2.45) is 16.1 Å².